The number of nitrogens with two attached hydrogens (primary N) is 1. The number of pyridine rings is 1. The van der Waals surface area contributed by atoms with Crippen LogP contribution in [0.4, 0.5) is 5.82 Å². The van der Waals surface area contributed by atoms with Crippen molar-refractivity contribution in [3.63, 3.8) is 0 Å². The molecule has 0 saturated heterocycles. The van der Waals surface area contributed by atoms with Gasteiger partial charge in [0.2, 0.25) is 5.82 Å². The van der Waals surface area contributed by atoms with Crippen molar-refractivity contribution in [1.82, 2.24) is 14.7 Å². The van der Waals surface area contributed by atoms with E-state index in [1.54, 1.807) is 17.7 Å². The smallest absolute Gasteiger partial charge is 0.297 e. The molecule has 7 nitrogen and oxygen atoms in total. The summed E-state index contributed by atoms with van der Waals surface area (Å²) in [7, 11) is 1.76. The lowest BCUT2D eigenvalue weighted by Gasteiger charge is -2.06. The van der Waals surface area contributed by atoms with Crippen LogP contribution in [-0.4, -0.2) is 20.4 Å². The number of benzene rings is 1. The molecular weight excluding hydrogens is 326 g/mol. The topological polar surface area (TPSA) is 91.5 Å². The third-order valence-electron chi connectivity index (χ3n) is 3.26. The first-order valence-corrected chi connectivity index (χ1v) is 7.56. The second-order valence-corrected chi connectivity index (χ2v) is 5.31. The zero-order chi connectivity index (χ0) is 16.9. The Hall–Kier alpha value is -3.00. The standard InChI is InChI=1S/C16H15N5O2S/c1-21-15(20-23-16(21)24)14(11-6-3-2-4-7-11)19-22-10-12-8-5-9-13(17)18-12/h2-9H,10H2,1H3,(H2,17,18)/b19-14+. The first-order chi connectivity index (χ1) is 11.6. The summed E-state index contributed by atoms with van der Waals surface area (Å²) in [6, 6.07) is 14.9. The number of aromatic nitrogens is 3. The number of oxime groups is 1. The monoisotopic (exact) mass is 341 g/mol. The summed E-state index contributed by atoms with van der Waals surface area (Å²) < 4.78 is 6.67. The summed E-state index contributed by atoms with van der Waals surface area (Å²) in [5.74, 6) is 0.911. The van der Waals surface area contributed by atoms with Gasteiger partial charge in [-0.1, -0.05) is 46.7 Å². The van der Waals surface area contributed by atoms with Crippen LogP contribution in [0.15, 0.2) is 58.2 Å². The van der Waals surface area contributed by atoms with Crippen LogP contribution in [0, 0.1) is 4.84 Å². The maximum Gasteiger partial charge on any atom is 0.297 e. The van der Waals surface area contributed by atoms with Gasteiger partial charge in [0.25, 0.3) is 4.84 Å². The number of nitrogens with zero attached hydrogens (tertiary/aromatic N) is 4. The molecule has 2 aromatic heterocycles. The van der Waals surface area contributed by atoms with Gasteiger partial charge in [-0.25, -0.2) is 4.98 Å². The van der Waals surface area contributed by atoms with Crippen molar-refractivity contribution in [1.29, 1.82) is 0 Å². The minimum atomic E-state index is 0.184. The molecule has 1 aromatic carbocycles. The van der Waals surface area contributed by atoms with Gasteiger partial charge in [-0.2, -0.15) is 0 Å². The maximum atomic E-state index is 5.66. The van der Waals surface area contributed by atoms with Crippen LogP contribution in [-0.2, 0) is 18.5 Å². The van der Waals surface area contributed by atoms with Crippen LogP contribution in [0.25, 0.3) is 0 Å². The third kappa shape index (κ3) is 3.49. The molecule has 0 aliphatic carbocycles. The van der Waals surface area contributed by atoms with Crippen molar-refractivity contribution in [2.45, 2.75) is 6.61 Å². The summed E-state index contributed by atoms with van der Waals surface area (Å²) in [6.45, 7) is 0.184. The summed E-state index contributed by atoms with van der Waals surface area (Å²) >= 11 is 5.06. The van der Waals surface area contributed by atoms with Crippen molar-refractivity contribution < 1.29 is 9.36 Å². The summed E-state index contributed by atoms with van der Waals surface area (Å²) in [6.07, 6.45) is 0. The fraction of sp³-hybridized carbons (Fsp3) is 0.125. The Morgan fingerprint density at radius 3 is 2.71 bits per heavy atom. The van der Waals surface area contributed by atoms with E-state index in [4.69, 9.17) is 27.3 Å². The fourth-order valence-electron chi connectivity index (χ4n) is 2.05. The molecule has 0 fully saturated rings. The van der Waals surface area contributed by atoms with Crippen molar-refractivity contribution in [2.75, 3.05) is 5.73 Å². The van der Waals surface area contributed by atoms with Gasteiger partial charge in [0, 0.05) is 12.6 Å². The number of hydrogen-bond acceptors (Lipinski definition) is 7. The van der Waals surface area contributed by atoms with Crippen molar-refractivity contribution in [3.05, 3.63) is 70.5 Å². The lowest BCUT2D eigenvalue weighted by atomic mass is 10.1. The lowest BCUT2D eigenvalue weighted by Crippen LogP contribution is -2.11. The number of hydrogen-bond donors (Lipinski definition) is 1. The highest BCUT2D eigenvalue weighted by molar-refractivity contribution is 7.71. The zero-order valence-electron chi connectivity index (χ0n) is 12.9. The van der Waals surface area contributed by atoms with E-state index >= 15 is 0 Å². The molecule has 8 heteroatoms. The van der Waals surface area contributed by atoms with Gasteiger partial charge in [-0.15, -0.1) is 0 Å². The van der Waals surface area contributed by atoms with Gasteiger partial charge in [-0.3, -0.25) is 4.57 Å². The van der Waals surface area contributed by atoms with Gasteiger partial charge >= 0.3 is 0 Å². The van der Waals surface area contributed by atoms with E-state index in [2.05, 4.69) is 15.3 Å². The summed E-state index contributed by atoms with van der Waals surface area (Å²) in [5.41, 5.74) is 7.68. The van der Waals surface area contributed by atoms with E-state index in [1.807, 2.05) is 42.5 Å². The first kappa shape index (κ1) is 15.9. The van der Waals surface area contributed by atoms with Gasteiger partial charge in [0.15, 0.2) is 12.3 Å². The van der Waals surface area contributed by atoms with E-state index in [9.17, 15) is 0 Å². The van der Waals surface area contributed by atoms with Crippen molar-refractivity contribution >= 4 is 23.7 Å². The van der Waals surface area contributed by atoms with E-state index in [1.165, 1.54) is 0 Å². The van der Waals surface area contributed by atoms with E-state index < -0.39 is 0 Å². The van der Waals surface area contributed by atoms with Crippen molar-refractivity contribution in [3.8, 4) is 0 Å². The Morgan fingerprint density at radius 1 is 1.25 bits per heavy atom. The third-order valence-corrected chi connectivity index (χ3v) is 3.61. The molecule has 3 aromatic rings. The van der Waals surface area contributed by atoms with Gasteiger partial charge in [-0.05, 0) is 24.4 Å². The molecule has 0 bridgehead atoms. The quantitative estimate of drug-likeness (QED) is 0.436. The molecule has 3 rings (SSSR count). The predicted molar refractivity (Wildman–Crippen MR) is 91.8 cm³/mol. The molecule has 0 unspecified atom stereocenters. The minimum absolute atomic E-state index is 0.184. The van der Waals surface area contributed by atoms with E-state index in [0.717, 1.165) is 5.56 Å². The number of rotatable bonds is 5. The van der Waals surface area contributed by atoms with Crippen LogP contribution >= 0.6 is 12.2 Å². The molecule has 0 aliphatic rings. The van der Waals surface area contributed by atoms with E-state index in [0.29, 0.717) is 23.0 Å². The largest absolute Gasteiger partial charge is 0.389 e. The van der Waals surface area contributed by atoms with Crippen LogP contribution in [0.2, 0.25) is 0 Å². The highest BCUT2D eigenvalue weighted by Gasteiger charge is 2.15. The average Bonchev–Trinajstić information content (AvgIpc) is 2.92. The normalized spacial score (nSPS) is 11.5. The number of nitrogen functional groups attached to an aromatic ring is 1. The molecule has 2 heterocycles. The highest BCUT2D eigenvalue weighted by Crippen LogP contribution is 2.11. The first-order valence-electron chi connectivity index (χ1n) is 7.15. The van der Waals surface area contributed by atoms with Crippen molar-refractivity contribution in [2.24, 2.45) is 12.2 Å². The Bertz CT molecular complexity index is 917. The summed E-state index contributed by atoms with van der Waals surface area (Å²) in [4.78, 5) is 9.87. The predicted octanol–water partition coefficient (Wildman–Crippen LogP) is 2.69. The van der Waals surface area contributed by atoms with Crippen LogP contribution in [0.3, 0.4) is 0 Å². The van der Waals surface area contributed by atoms with Crippen LogP contribution < -0.4 is 5.73 Å². The molecular formula is C16H15N5O2S. The average molecular weight is 341 g/mol. The Kier molecular flexibility index (Phi) is 4.66. The minimum Gasteiger partial charge on any atom is -0.389 e. The molecule has 24 heavy (non-hydrogen) atoms. The van der Waals surface area contributed by atoms with Gasteiger partial charge < -0.3 is 15.1 Å². The van der Waals surface area contributed by atoms with Crippen LogP contribution in [0.1, 0.15) is 17.1 Å². The van der Waals surface area contributed by atoms with Gasteiger partial charge in [0.1, 0.15) is 5.82 Å². The fourth-order valence-corrected chi connectivity index (χ4v) is 2.18. The second kappa shape index (κ2) is 7.05. The molecule has 0 atom stereocenters. The zero-order valence-corrected chi connectivity index (χ0v) is 13.7. The SMILES string of the molecule is Cn1c(/C(=N/OCc2cccc(N)n2)c2ccccc2)noc1=S. The molecule has 0 saturated carbocycles. The molecule has 0 aliphatic heterocycles. The highest BCUT2D eigenvalue weighted by atomic mass is 32.1. The second-order valence-electron chi connectivity index (χ2n) is 4.96. The Balaban J connectivity index is 1.90. The molecule has 0 amide bonds. The Morgan fingerprint density at radius 2 is 2.04 bits per heavy atom. The lowest BCUT2D eigenvalue weighted by molar-refractivity contribution is 0.128. The van der Waals surface area contributed by atoms with E-state index in [-0.39, 0.29) is 11.4 Å². The number of anilines is 1. The van der Waals surface area contributed by atoms with Gasteiger partial charge in [0.05, 0.1) is 5.69 Å². The molecule has 0 spiro atoms. The Labute approximate surface area is 143 Å². The summed E-state index contributed by atoms with van der Waals surface area (Å²) in [5, 5.41) is 8.18. The molecule has 2 N–H and O–H groups in total. The maximum absolute atomic E-state index is 5.66. The molecule has 122 valence electrons. The van der Waals surface area contributed by atoms with Crippen LogP contribution in [0.5, 0.6) is 0 Å². The molecule has 0 radical (unpaired) electrons.